The summed E-state index contributed by atoms with van der Waals surface area (Å²) in [6.07, 6.45) is 3.85. The average molecular weight is 681 g/mol. The number of nitrogens with zero attached hydrogens (tertiary/aromatic N) is 3. The standard InChI is InChI=1S/C27H22Br2Cl2N4O3/c1-2-3-4-24-34-23-10-5-17(28)12-21(23)27(37)35(24)32-14-16-11-19(31)13-22(29)26(16)38-15-25(36)33-20-8-6-18(30)7-9-20/h5-14H,2-4,15H2,1H3,(H,33,36). The molecule has 11 heteroatoms. The maximum Gasteiger partial charge on any atom is 0.282 e. The van der Waals surface area contributed by atoms with Crippen LogP contribution >= 0.6 is 55.1 Å². The van der Waals surface area contributed by atoms with E-state index in [9.17, 15) is 9.59 Å². The van der Waals surface area contributed by atoms with Gasteiger partial charge in [-0.3, -0.25) is 9.59 Å². The van der Waals surface area contributed by atoms with Crippen molar-refractivity contribution < 1.29 is 9.53 Å². The van der Waals surface area contributed by atoms with Crippen LogP contribution < -0.4 is 15.6 Å². The Balaban J connectivity index is 1.65. The number of carbonyl (C=O) groups is 1. The Hall–Kier alpha value is -2.72. The van der Waals surface area contributed by atoms with Crippen LogP contribution in [-0.4, -0.2) is 28.4 Å². The number of hydrogen-bond donors (Lipinski definition) is 1. The molecule has 0 unspecified atom stereocenters. The Morgan fingerprint density at radius 1 is 1.11 bits per heavy atom. The Bertz CT molecular complexity index is 1570. The molecule has 0 saturated heterocycles. The van der Waals surface area contributed by atoms with E-state index in [1.165, 1.54) is 10.9 Å². The van der Waals surface area contributed by atoms with Crippen molar-refractivity contribution in [1.82, 2.24) is 9.66 Å². The zero-order chi connectivity index (χ0) is 27.2. The summed E-state index contributed by atoms with van der Waals surface area (Å²) in [4.78, 5) is 30.5. The van der Waals surface area contributed by atoms with Crippen molar-refractivity contribution in [2.24, 2.45) is 5.10 Å². The molecule has 1 aromatic heterocycles. The maximum atomic E-state index is 13.4. The number of halogens is 4. The molecule has 0 aliphatic carbocycles. The van der Waals surface area contributed by atoms with Gasteiger partial charge in [-0.25, -0.2) is 4.98 Å². The number of carbonyl (C=O) groups excluding carboxylic acids is 1. The molecule has 0 atom stereocenters. The lowest BCUT2D eigenvalue weighted by atomic mass is 10.2. The molecule has 0 bridgehead atoms. The van der Waals surface area contributed by atoms with E-state index < -0.39 is 0 Å². The number of ether oxygens (including phenoxy) is 1. The van der Waals surface area contributed by atoms with E-state index in [0.29, 0.717) is 54.7 Å². The SMILES string of the molecule is CCCCc1nc2ccc(Br)cc2c(=O)n1N=Cc1cc(Cl)cc(Br)c1OCC(=O)Nc1ccc(Cl)cc1. The van der Waals surface area contributed by atoms with Crippen LogP contribution in [0.3, 0.4) is 0 Å². The summed E-state index contributed by atoms with van der Waals surface area (Å²) < 4.78 is 8.44. The average Bonchev–Trinajstić information content (AvgIpc) is 2.88. The lowest BCUT2D eigenvalue weighted by Gasteiger charge is -2.13. The minimum Gasteiger partial charge on any atom is -0.482 e. The Labute approximate surface area is 246 Å². The molecular formula is C27H22Br2Cl2N4O3. The maximum absolute atomic E-state index is 13.4. The highest BCUT2D eigenvalue weighted by Crippen LogP contribution is 2.32. The predicted molar refractivity (Wildman–Crippen MR) is 160 cm³/mol. The van der Waals surface area contributed by atoms with Gasteiger partial charge in [-0.2, -0.15) is 9.78 Å². The van der Waals surface area contributed by atoms with Gasteiger partial charge in [0.05, 0.1) is 21.6 Å². The molecule has 38 heavy (non-hydrogen) atoms. The number of aryl methyl sites for hydroxylation is 1. The zero-order valence-electron chi connectivity index (χ0n) is 20.2. The van der Waals surface area contributed by atoms with E-state index in [4.69, 9.17) is 27.9 Å². The molecule has 4 aromatic rings. The Kier molecular flexibility index (Phi) is 9.59. The van der Waals surface area contributed by atoms with Crippen LogP contribution in [0.25, 0.3) is 10.9 Å². The molecule has 0 saturated carbocycles. The topological polar surface area (TPSA) is 85.6 Å². The normalized spacial score (nSPS) is 11.3. The third-order valence-corrected chi connectivity index (χ3v) is 7.01. The summed E-state index contributed by atoms with van der Waals surface area (Å²) in [5, 5.41) is 8.67. The number of rotatable bonds is 9. The molecule has 1 N–H and O–H groups in total. The summed E-state index contributed by atoms with van der Waals surface area (Å²) in [5.41, 5.74) is 1.39. The van der Waals surface area contributed by atoms with Crippen LogP contribution in [0.4, 0.5) is 5.69 Å². The highest BCUT2D eigenvalue weighted by molar-refractivity contribution is 9.10. The minimum atomic E-state index is -0.362. The second kappa shape index (κ2) is 12.9. The van der Waals surface area contributed by atoms with Crippen LogP contribution in [0.15, 0.2) is 73.4 Å². The van der Waals surface area contributed by atoms with Gasteiger partial charge in [0.2, 0.25) is 0 Å². The molecule has 0 radical (unpaired) electrons. The molecule has 3 aromatic carbocycles. The fraction of sp³-hybridized carbons (Fsp3) is 0.185. The van der Waals surface area contributed by atoms with Gasteiger partial charge in [0, 0.05) is 32.2 Å². The highest BCUT2D eigenvalue weighted by Gasteiger charge is 2.14. The molecular weight excluding hydrogens is 659 g/mol. The Morgan fingerprint density at radius 2 is 1.87 bits per heavy atom. The van der Waals surface area contributed by atoms with E-state index in [1.807, 2.05) is 6.07 Å². The van der Waals surface area contributed by atoms with Gasteiger partial charge >= 0.3 is 0 Å². The molecule has 0 spiro atoms. The number of hydrogen-bond acceptors (Lipinski definition) is 5. The first-order chi connectivity index (χ1) is 18.2. The van der Waals surface area contributed by atoms with E-state index in [0.717, 1.165) is 17.3 Å². The van der Waals surface area contributed by atoms with Gasteiger partial charge in [0.25, 0.3) is 11.5 Å². The number of benzene rings is 3. The zero-order valence-corrected chi connectivity index (χ0v) is 24.9. The Morgan fingerprint density at radius 3 is 2.61 bits per heavy atom. The van der Waals surface area contributed by atoms with Crippen molar-refractivity contribution in [3.05, 3.63) is 95.3 Å². The van der Waals surface area contributed by atoms with Gasteiger partial charge in [0.1, 0.15) is 11.6 Å². The molecule has 0 aliphatic heterocycles. The summed E-state index contributed by atoms with van der Waals surface area (Å²) >= 11 is 19.1. The first-order valence-electron chi connectivity index (χ1n) is 11.7. The van der Waals surface area contributed by atoms with E-state index >= 15 is 0 Å². The number of aromatic nitrogens is 2. The number of fused-ring (bicyclic) bond motifs is 1. The third kappa shape index (κ3) is 7.02. The highest BCUT2D eigenvalue weighted by atomic mass is 79.9. The van der Waals surface area contributed by atoms with Crippen LogP contribution in [0.1, 0.15) is 31.2 Å². The van der Waals surface area contributed by atoms with Crippen LogP contribution in [0.5, 0.6) is 5.75 Å². The van der Waals surface area contributed by atoms with Gasteiger partial charge in [-0.15, -0.1) is 0 Å². The predicted octanol–water partition coefficient (Wildman–Crippen LogP) is 7.47. The molecule has 0 fully saturated rings. The van der Waals surface area contributed by atoms with Crippen molar-refractivity contribution >= 4 is 83.8 Å². The van der Waals surface area contributed by atoms with E-state index in [-0.39, 0.29) is 18.1 Å². The van der Waals surface area contributed by atoms with Gasteiger partial charge in [0.15, 0.2) is 6.61 Å². The quantitative estimate of drug-likeness (QED) is 0.186. The fourth-order valence-corrected chi connectivity index (χ4v) is 5.06. The van der Waals surface area contributed by atoms with Gasteiger partial charge in [-0.1, -0.05) is 52.5 Å². The van der Waals surface area contributed by atoms with Crippen molar-refractivity contribution in [3.63, 3.8) is 0 Å². The van der Waals surface area contributed by atoms with Crippen LogP contribution in [-0.2, 0) is 11.2 Å². The lowest BCUT2D eigenvalue weighted by Crippen LogP contribution is -2.23. The van der Waals surface area contributed by atoms with E-state index in [2.05, 4.69) is 54.2 Å². The number of amides is 1. The monoisotopic (exact) mass is 678 g/mol. The summed E-state index contributed by atoms with van der Waals surface area (Å²) in [6.45, 7) is 1.80. The summed E-state index contributed by atoms with van der Waals surface area (Å²) in [6, 6.07) is 15.4. The van der Waals surface area contributed by atoms with Gasteiger partial charge in [-0.05, 0) is 76.9 Å². The summed E-state index contributed by atoms with van der Waals surface area (Å²) in [5.74, 6) is 0.539. The van der Waals surface area contributed by atoms with Crippen LogP contribution in [0, 0.1) is 0 Å². The number of unbranched alkanes of at least 4 members (excludes halogenated alkanes) is 1. The summed E-state index contributed by atoms with van der Waals surface area (Å²) in [7, 11) is 0. The second-order valence-electron chi connectivity index (χ2n) is 8.30. The minimum absolute atomic E-state index is 0.267. The second-order valence-corrected chi connectivity index (χ2v) is 10.9. The molecule has 4 rings (SSSR count). The first kappa shape index (κ1) is 28.3. The van der Waals surface area contributed by atoms with E-state index in [1.54, 1.807) is 48.5 Å². The fourth-order valence-electron chi connectivity index (χ4n) is 3.63. The molecule has 196 valence electrons. The molecule has 0 aliphatic rings. The smallest absolute Gasteiger partial charge is 0.282 e. The van der Waals surface area contributed by atoms with Gasteiger partial charge < -0.3 is 10.1 Å². The van der Waals surface area contributed by atoms with Crippen LogP contribution in [0.2, 0.25) is 10.0 Å². The van der Waals surface area contributed by atoms with Crippen molar-refractivity contribution in [3.8, 4) is 5.75 Å². The molecule has 1 amide bonds. The van der Waals surface area contributed by atoms with Crippen molar-refractivity contribution in [1.29, 1.82) is 0 Å². The largest absolute Gasteiger partial charge is 0.482 e. The third-order valence-electron chi connectivity index (χ3n) is 5.45. The van der Waals surface area contributed by atoms with Crippen molar-refractivity contribution in [2.75, 3.05) is 11.9 Å². The molecule has 7 nitrogen and oxygen atoms in total. The number of nitrogens with one attached hydrogen (secondary N) is 1. The molecule has 1 heterocycles. The lowest BCUT2D eigenvalue weighted by molar-refractivity contribution is -0.118. The first-order valence-corrected chi connectivity index (χ1v) is 14.0. The number of anilines is 1. The van der Waals surface area contributed by atoms with Crippen molar-refractivity contribution in [2.45, 2.75) is 26.2 Å².